The van der Waals surface area contributed by atoms with Crippen LogP contribution in [0, 0.1) is 22.9 Å². The SMILES string of the molecule is CCC(COc1ccc(O)c(F)c1)(COc1ccc(O)c(F)c1)COc1ccc(O)c(F)c1. The Labute approximate surface area is 188 Å². The molecule has 0 atom stereocenters. The number of phenols is 3. The van der Waals surface area contributed by atoms with E-state index in [1.54, 1.807) is 0 Å². The molecule has 9 heteroatoms. The molecule has 0 radical (unpaired) electrons. The van der Waals surface area contributed by atoms with Gasteiger partial charge >= 0.3 is 0 Å². The summed E-state index contributed by atoms with van der Waals surface area (Å²) in [5.74, 6) is -3.60. The monoisotopic (exact) mass is 464 g/mol. The van der Waals surface area contributed by atoms with E-state index >= 15 is 0 Å². The van der Waals surface area contributed by atoms with E-state index in [9.17, 15) is 28.5 Å². The molecule has 3 N–H and O–H groups in total. The average Bonchev–Trinajstić information content (AvgIpc) is 2.80. The van der Waals surface area contributed by atoms with E-state index < -0.39 is 40.1 Å². The Morgan fingerprint density at radius 3 is 1.15 bits per heavy atom. The lowest BCUT2D eigenvalue weighted by Gasteiger charge is -2.32. The first-order valence-corrected chi connectivity index (χ1v) is 10.1. The highest BCUT2D eigenvalue weighted by atomic mass is 19.1. The van der Waals surface area contributed by atoms with E-state index in [0.29, 0.717) is 6.42 Å². The fourth-order valence-corrected chi connectivity index (χ4v) is 2.87. The van der Waals surface area contributed by atoms with E-state index in [4.69, 9.17) is 14.2 Å². The topological polar surface area (TPSA) is 88.4 Å². The van der Waals surface area contributed by atoms with Crippen molar-refractivity contribution >= 4 is 0 Å². The highest BCUT2D eigenvalue weighted by Crippen LogP contribution is 2.30. The Morgan fingerprint density at radius 2 is 0.909 bits per heavy atom. The van der Waals surface area contributed by atoms with Crippen LogP contribution in [-0.4, -0.2) is 35.1 Å². The molecule has 3 aromatic rings. The first kappa shape index (κ1) is 23.9. The van der Waals surface area contributed by atoms with Gasteiger partial charge in [-0.2, -0.15) is 0 Å². The maximum Gasteiger partial charge on any atom is 0.168 e. The summed E-state index contributed by atoms with van der Waals surface area (Å²) in [6.07, 6.45) is 0.439. The van der Waals surface area contributed by atoms with E-state index in [0.717, 1.165) is 36.4 Å². The molecule has 0 unspecified atom stereocenters. The van der Waals surface area contributed by atoms with E-state index in [1.165, 1.54) is 18.2 Å². The number of rotatable bonds is 10. The zero-order valence-electron chi connectivity index (χ0n) is 17.7. The largest absolute Gasteiger partial charge is 0.505 e. The number of aromatic hydroxyl groups is 3. The minimum absolute atomic E-state index is 0.0190. The standard InChI is InChI=1S/C24H23F3O6/c1-2-24(12-31-15-3-6-21(28)18(25)9-15,13-32-16-4-7-22(29)19(26)10-16)14-33-17-5-8-23(30)20(27)11-17/h3-11,28-30H,2,12-14H2,1H3. The summed E-state index contributed by atoms with van der Waals surface area (Å²) in [4.78, 5) is 0. The lowest BCUT2D eigenvalue weighted by Crippen LogP contribution is -2.40. The molecule has 3 rings (SSSR count). The van der Waals surface area contributed by atoms with Gasteiger partial charge in [0, 0.05) is 18.2 Å². The number of halogens is 3. The van der Waals surface area contributed by atoms with Gasteiger partial charge in [-0.25, -0.2) is 13.2 Å². The molecule has 0 heterocycles. The van der Waals surface area contributed by atoms with Crippen LogP contribution in [0.3, 0.4) is 0 Å². The van der Waals surface area contributed by atoms with Gasteiger partial charge in [-0.15, -0.1) is 0 Å². The summed E-state index contributed by atoms with van der Waals surface area (Å²) in [5.41, 5.74) is -0.850. The second kappa shape index (κ2) is 10.2. The second-order valence-electron chi connectivity index (χ2n) is 7.56. The van der Waals surface area contributed by atoms with Crippen molar-refractivity contribution in [2.24, 2.45) is 5.41 Å². The molecule has 0 saturated heterocycles. The summed E-state index contributed by atoms with van der Waals surface area (Å²) < 4.78 is 58.2. The van der Waals surface area contributed by atoms with Crippen molar-refractivity contribution in [2.75, 3.05) is 19.8 Å². The van der Waals surface area contributed by atoms with Crippen LogP contribution in [-0.2, 0) is 0 Å². The lowest BCUT2D eigenvalue weighted by atomic mass is 9.88. The number of hydrogen-bond donors (Lipinski definition) is 3. The van der Waals surface area contributed by atoms with Crippen molar-refractivity contribution < 1.29 is 42.7 Å². The average molecular weight is 464 g/mol. The number of ether oxygens (including phenoxy) is 3. The van der Waals surface area contributed by atoms with Crippen LogP contribution in [0.15, 0.2) is 54.6 Å². The molecule has 6 nitrogen and oxygen atoms in total. The van der Waals surface area contributed by atoms with Gasteiger partial charge in [0.25, 0.3) is 0 Å². The molecule has 0 bridgehead atoms. The molecule has 0 aliphatic rings. The zero-order chi connectivity index (χ0) is 24.0. The van der Waals surface area contributed by atoms with Crippen molar-refractivity contribution in [1.29, 1.82) is 0 Å². The fourth-order valence-electron chi connectivity index (χ4n) is 2.87. The molecule has 0 aliphatic heterocycles. The van der Waals surface area contributed by atoms with Crippen LogP contribution < -0.4 is 14.2 Å². The van der Waals surface area contributed by atoms with Crippen molar-refractivity contribution in [2.45, 2.75) is 13.3 Å². The Morgan fingerprint density at radius 1 is 0.606 bits per heavy atom. The maximum absolute atomic E-state index is 13.7. The fraction of sp³-hybridized carbons (Fsp3) is 0.250. The number of phenolic OH excluding ortho intramolecular Hbond substituents is 3. The summed E-state index contributed by atoms with van der Waals surface area (Å²) in [7, 11) is 0. The first-order chi connectivity index (χ1) is 15.7. The summed E-state index contributed by atoms with van der Waals surface area (Å²) >= 11 is 0. The predicted molar refractivity (Wildman–Crippen MR) is 113 cm³/mol. The van der Waals surface area contributed by atoms with Crippen LogP contribution in [0.1, 0.15) is 13.3 Å². The molecule has 0 fully saturated rings. The normalized spacial score (nSPS) is 11.3. The van der Waals surface area contributed by atoms with Crippen molar-refractivity contribution in [3.05, 3.63) is 72.0 Å². The van der Waals surface area contributed by atoms with E-state index in [1.807, 2.05) is 6.92 Å². The van der Waals surface area contributed by atoms with Gasteiger partial charge in [-0.1, -0.05) is 6.92 Å². The molecule has 0 spiro atoms. The minimum Gasteiger partial charge on any atom is -0.505 e. The van der Waals surface area contributed by atoms with Gasteiger partial charge in [-0.05, 0) is 42.8 Å². The van der Waals surface area contributed by atoms with Gasteiger partial charge in [0.2, 0.25) is 0 Å². The molecule has 3 aromatic carbocycles. The quantitative estimate of drug-likeness (QED) is 0.385. The third-order valence-electron chi connectivity index (χ3n) is 5.14. The molecule has 0 saturated carbocycles. The minimum atomic E-state index is -0.850. The Hall–Kier alpha value is -3.75. The third kappa shape index (κ3) is 6.15. The zero-order valence-corrected chi connectivity index (χ0v) is 17.7. The summed E-state index contributed by atoms with van der Waals surface area (Å²) in [6.45, 7) is 1.78. The van der Waals surface area contributed by atoms with Gasteiger partial charge in [0.15, 0.2) is 34.7 Å². The molecule has 176 valence electrons. The first-order valence-electron chi connectivity index (χ1n) is 10.1. The smallest absolute Gasteiger partial charge is 0.168 e. The number of hydrogen-bond acceptors (Lipinski definition) is 6. The molecule has 0 amide bonds. The Kier molecular flexibility index (Phi) is 7.42. The Balaban J connectivity index is 1.78. The van der Waals surface area contributed by atoms with Gasteiger partial charge in [0.1, 0.15) is 37.1 Å². The third-order valence-corrected chi connectivity index (χ3v) is 5.14. The highest BCUT2D eigenvalue weighted by Gasteiger charge is 2.32. The van der Waals surface area contributed by atoms with Crippen LogP contribution in [0.5, 0.6) is 34.5 Å². The van der Waals surface area contributed by atoms with Crippen molar-refractivity contribution in [1.82, 2.24) is 0 Å². The number of benzene rings is 3. The Bertz CT molecular complexity index is 971. The van der Waals surface area contributed by atoms with Crippen molar-refractivity contribution in [3.63, 3.8) is 0 Å². The van der Waals surface area contributed by atoms with E-state index in [2.05, 4.69) is 0 Å². The van der Waals surface area contributed by atoms with Crippen LogP contribution in [0.2, 0.25) is 0 Å². The summed E-state index contributed by atoms with van der Waals surface area (Å²) in [5, 5.41) is 28.1. The van der Waals surface area contributed by atoms with Crippen LogP contribution in [0.25, 0.3) is 0 Å². The van der Waals surface area contributed by atoms with Gasteiger partial charge in [0.05, 0.1) is 5.41 Å². The predicted octanol–water partition coefficient (Wildman–Crippen LogP) is 5.15. The lowest BCUT2D eigenvalue weighted by molar-refractivity contribution is 0.0290. The second-order valence-corrected chi connectivity index (χ2v) is 7.56. The molecular formula is C24H23F3O6. The highest BCUT2D eigenvalue weighted by molar-refractivity contribution is 5.34. The maximum atomic E-state index is 13.7. The van der Waals surface area contributed by atoms with Gasteiger partial charge < -0.3 is 29.5 Å². The van der Waals surface area contributed by atoms with Gasteiger partial charge in [-0.3, -0.25) is 0 Å². The molecule has 0 aliphatic carbocycles. The molecule has 33 heavy (non-hydrogen) atoms. The molecule has 0 aromatic heterocycles. The van der Waals surface area contributed by atoms with Crippen LogP contribution in [0.4, 0.5) is 13.2 Å². The van der Waals surface area contributed by atoms with E-state index in [-0.39, 0.29) is 37.1 Å². The summed E-state index contributed by atoms with van der Waals surface area (Å²) in [6, 6.07) is 10.7. The van der Waals surface area contributed by atoms with Crippen LogP contribution >= 0.6 is 0 Å². The molecular weight excluding hydrogens is 441 g/mol. The van der Waals surface area contributed by atoms with Crippen molar-refractivity contribution in [3.8, 4) is 34.5 Å².